The largest absolute Gasteiger partial charge is 0.439 e. The van der Waals surface area contributed by atoms with Gasteiger partial charge >= 0.3 is 5.76 Å². The Morgan fingerprint density at radius 3 is 2.52 bits per heavy atom. The molecule has 0 radical (unpaired) electrons. The van der Waals surface area contributed by atoms with Gasteiger partial charge < -0.3 is 11.5 Å². The van der Waals surface area contributed by atoms with Crippen LogP contribution < -0.4 is 22.1 Å². The van der Waals surface area contributed by atoms with Crippen LogP contribution in [0.1, 0.15) is 36.8 Å². The van der Waals surface area contributed by atoms with Crippen molar-refractivity contribution in [3.05, 3.63) is 88.5 Å². The summed E-state index contributed by atoms with van der Waals surface area (Å²) in [6.45, 7) is 2.65. The Bertz CT molecular complexity index is 1850. The van der Waals surface area contributed by atoms with E-state index in [1.54, 1.807) is 24.3 Å². The molecule has 6 N–H and O–H groups in total. The van der Waals surface area contributed by atoms with Crippen molar-refractivity contribution in [1.29, 1.82) is 0 Å². The number of carbonyl (C=O) groups excluding carboxylic acids is 2. The number of nitrogens with zero attached hydrogens (tertiary/aromatic N) is 3. The number of aromatic nitrogens is 4. The van der Waals surface area contributed by atoms with E-state index < -0.39 is 17.7 Å². The number of anilines is 1. The summed E-state index contributed by atoms with van der Waals surface area (Å²) in [5.74, 6) is -1.07. The second-order valence-corrected chi connectivity index (χ2v) is 11.6. The number of imide groups is 1. The van der Waals surface area contributed by atoms with E-state index in [1.807, 2.05) is 42.6 Å². The highest BCUT2D eigenvalue weighted by Gasteiger charge is 2.35. The van der Waals surface area contributed by atoms with Crippen LogP contribution in [-0.4, -0.2) is 44.7 Å². The van der Waals surface area contributed by atoms with Crippen LogP contribution in [0.2, 0.25) is 0 Å². The van der Waals surface area contributed by atoms with Crippen LogP contribution in [0.25, 0.3) is 33.4 Å². The number of hydrogen-bond donors (Lipinski definition) is 4. The summed E-state index contributed by atoms with van der Waals surface area (Å²) in [6, 6.07) is 17.7. The third kappa shape index (κ3) is 5.84. The number of nitrogens with one attached hydrogen (secondary N) is 2. The minimum absolute atomic E-state index is 0.245. The molecule has 1 aliphatic carbocycles. The zero-order valence-corrected chi connectivity index (χ0v) is 24.5. The van der Waals surface area contributed by atoms with E-state index in [1.165, 1.54) is 4.90 Å². The van der Waals surface area contributed by atoms with Gasteiger partial charge in [-0.25, -0.2) is 9.69 Å². The van der Waals surface area contributed by atoms with Crippen LogP contribution in [0.3, 0.4) is 0 Å². The van der Waals surface area contributed by atoms with Gasteiger partial charge in [-0.2, -0.15) is 5.10 Å². The molecule has 0 saturated heterocycles. The zero-order chi connectivity index (χ0) is 30.8. The van der Waals surface area contributed by atoms with Crippen molar-refractivity contribution in [3.63, 3.8) is 0 Å². The molecule has 1 aliphatic rings. The lowest BCUT2D eigenvalue weighted by Gasteiger charge is -2.32. The molecule has 11 heteroatoms. The van der Waals surface area contributed by atoms with E-state index in [0.29, 0.717) is 36.6 Å². The number of hydrogen-bond acceptors (Lipinski definition) is 8. The van der Waals surface area contributed by atoms with Gasteiger partial charge in [0.05, 0.1) is 23.4 Å². The predicted octanol–water partition coefficient (Wildman–Crippen LogP) is 4.08. The van der Waals surface area contributed by atoms with E-state index in [2.05, 4.69) is 31.8 Å². The third-order valence-electron chi connectivity index (χ3n) is 8.63. The maximum absolute atomic E-state index is 14.0. The Morgan fingerprint density at radius 1 is 1.05 bits per heavy atom. The Labute approximate surface area is 253 Å². The maximum atomic E-state index is 14.0. The van der Waals surface area contributed by atoms with Crippen LogP contribution in [-0.2, 0) is 16.0 Å². The van der Waals surface area contributed by atoms with Crippen molar-refractivity contribution < 1.29 is 14.1 Å². The molecule has 1 atom stereocenters. The van der Waals surface area contributed by atoms with E-state index >= 15 is 0 Å². The first-order valence-corrected chi connectivity index (χ1v) is 14.8. The molecule has 1 fully saturated rings. The molecule has 1 saturated carbocycles. The maximum Gasteiger partial charge on any atom is 0.439 e. The van der Waals surface area contributed by atoms with E-state index in [0.717, 1.165) is 46.0 Å². The van der Waals surface area contributed by atoms with Gasteiger partial charge in [0.2, 0.25) is 5.91 Å². The Kier molecular flexibility index (Phi) is 8.23. The van der Waals surface area contributed by atoms with Gasteiger partial charge in [0, 0.05) is 16.9 Å². The molecule has 2 aromatic heterocycles. The molecule has 0 unspecified atom stereocenters. The summed E-state index contributed by atoms with van der Waals surface area (Å²) in [4.78, 5) is 43.1. The SMILES string of the molecule is Cc1ccc2[nH]ncc2c1-c1cccc(C[C@H](N)C(=O)N(C(=O)C2CCC(CN)CC2)c2ccc(-c3noc(=O)[nH]3)cc2)c1. The standard InChI is InChI=1S/C33H35N7O4/c1-19-5-14-28-26(18-36-38-28)29(19)24-4-2-3-21(15-24)16-27(35)32(42)40(31(41)23-8-6-20(17-34)7-9-23)25-12-10-22(11-13-25)30-37-33(43)44-39-30/h2-5,10-15,18,20,23,27H,6-9,16-17,34-35H2,1H3,(H,36,38)(H,37,39,43)/t20?,23?,27-/m0/s1. The van der Waals surface area contributed by atoms with Gasteiger partial charge in [-0.1, -0.05) is 35.5 Å². The lowest BCUT2D eigenvalue weighted by molar-refractivity contribution is -0.130. The predicted molar refractivity (Wildman–Crippen MR) is 168 cm³/mol. The smallest absolute Gasteiger partial charge is 0.330 e. The average Bonchev–Trinajstić information content (AvgIpc) is 3.70. The number of rotatable bonds is 8. The van der Waals surface area contributed by atoms with Gasteiger partial charge in [-0.05, 0) is 104 Å². The minimum Gasteiger partial charge on any atom is -0.330 e. The van der Waals surface area contributed by atoms with Crippen molar-refractivity contribution in [2.75, 3.05) is 11.4 Å². The molecule has 5 aromatic rings. The lowest BCUT2D eigenvalue weighted by atomic mass is 9.81. The lowest BCUT2D eigenvalue weighted by Crippen LogP contribution is -2.50. The van der Waals surface area contributed by atoms with Crippen LogP contribution in [0.4, 0.5) is 5.69 Å². The van der Waals surface area contributed by atoms with Gasteiger partial charge in [0.25, 0.3) is 5.91 Å². The van der Waals surface area contributed by atoms with E-state index in [9.17, 15) is 14.4 Å². The first-order valence-electron chi connectivity index (χ1n) is 14.8. The first-order chi connectivity index (χ1) is 21.3. The summed E-state index contributed by atoms with van der Waals surface area (Å²) in [5.41, 5.74) is 18.4. The molecule has 11 nitrogen and oxygen atoms in total. The van der Waals surface area contributed by atoms with Gasteiger partial charge in [0.1, 0.15) is 0 Å². The molecular weight excluding hydrogens is 558 g/mol. The van der Waals surface area contributed by atoms with E-state index in [4.69, 9.17) is 11.5 Å². The molecule has 2 amide bonds. The molecular formula is C33H35N7O4. The number of carbonyl (C=O) groups is 2. The van der Waals surface area contributed by atoms with Crippen molar-refractivity contribution in [1.82, 2.24) is 20.3 Å². The summed E-state index contributed by atoms with van der Waals surface area (Å²) in [6.07, 6.45) is 5.08. The Morgan fingerprint density at radius 2 is 1.82 bits per heavy atom. The molecule has 2 heterocycles. The summed E-state index contributed by atoms with van der Waals surface area (Å²) < 4.78 is 4.61. The number of aryl methyl sites for hydroxylation is 1. The van der Waals surface area contributed by atoms with Crippen molar-refractivity contribution in [2.24, 2.45) is 23.3 Å². The molecule has 44 heavy (non-hydrogen) atoms. The number of amides is 2. The summed E-state index contributed by atoms with van der Waals surface area (Å²) in [7, 11) is 0. The van der Waals surface area contributed by atoms with Crippen molar-refractivity contribution in [2.45, 2.75) is 45.1 Å². The number of nitrogens with two attached hydrogens (primary N) is 2. The Hall–Kier alpha value is -4.87. The second-order valence-electron chi connectivity index (χ2n) is 11.6. The number of aromatic amines is 2. The summed E-state index contributed by atoms with van der Waals surface area (Å²) in [5, 5.41) is 12.0. The molecule has 0 spiro atoms. The first kappa shape index (κ1) is 29.2. The molecule has 226 valence electrons. The molecule has 3 aromatic carbocycles. The molecule has 6 rings (SSSR count). The fraction of sp³-hybridized carbons (Fsp3) is 0.303. The molecule has 0 aliphatic heterocycles. The van der Waals surface area contributed by atoms with Crippen molar-refractivity contribution in [3.8, 4) is 22.5 Å². The number of benzene rings is 3. The van der Waals surface area contributed by atoms with Crippen LogP contribution in [0.5, 0.6) is 0 Å². The van der Waals surface area contributed by atoms with Gasteiger partial charge in [-0.15, -0.1) is 0 Å². The van der Waals surface area contributed by atoms with Crippen molar-refractivity contribution >= 4 is 28.4 Å². The molecule has 0 bridgehead atoms. The fourth-order valence-corrected chi connectivity index (χ4v) is 6.18. The fourth-order valence-electron chi connectivity index (χ4n) is 6.18. The highest BCUT2D eigenvalue weighted by atomic mass is 16.5. The number of H-pyrrole nitrogens is 2. The van der Waals surface area contributed by atoms with Crippen LogP contribution in [0.15, 0.2) is 76.2 Å². The third-order valence-corrected chi connectivity index (χ3v) is 8.63. The van der Waals surface area contributed by atoms with Crippen LogP contribution >= 0.6 is 0 Å². The quantitative estimate of drug-likeness (QED) is 0.208. The number of fused-ring (bicyclic) bond motifs is 1. The summed E-state index contributed by atoms with van der Waals surface area (Å²) >= 11 is 0. The van der Waals surface area contributed by atoms with Gasteiger partial charge in [0.15, 0.2) is 5.82 Å². The monoisotopic (exact) mass is 593 g/mol. The highest BCUT2D eigenvalue weighted by Crippen LogP contribution is 2.33. The highest BCUT2D eigenvalue weighted by molar-refractivity contribution is 6.17. The zero-order valence-electron chi connectivity index (χ0n) is 24.5. The van der Waals surface area contributed by atoms with Crippen LogP contribution in [0, 0.1) is 18.8 Å². The second kappa shape index (κ2) is 12.4. The minimum atomic E-state index is -0.966. The topological polar surface area (TPSA) is 177 Å². The normalized spacial score (nSPS) is 17.4. The van der Waals surface area contributed by atoms with Gasteiger partial charge in [-0.3, -0.25) is 24.2 Å². The average molecular weight is 594 g/mol. The Balaban J connectivity index is 1.27. The van der Waals surface area contributed by atoms with E-state index in [-0.39, 0.29) is 24.1 Å².